The van der Waals surface area contributed by atoms with Crippen LogP contribution >= 0.6 is 0 Å². The van der Waals surface area contributed by atoms with Crippen LogP contribution in [0.3, 0.4) is 0 Å². The second-order valence-electron chi connectivity index (χ2n) is 7.11. The molecule has 0 spiro atoms. The highest BCUT2D eigenvalue weighted by Crippen LogP contribution is 2.25. The molecule has 0 saturated heterocycles. The van der Waals surface area contributed by atoms with Crippen LogP contribution in [0.25, 0.3) is 11.0 Å². The average Bonchev–Trinajstić information content (AvgIpc) is 3.32. The Bertz CT molecular complexity index is 1140. The fraction of sp³-hybridized carbons (Fsp3) is 0.217. The van der Waals surface area contributed by atoms with Crippen molar-refractivity contribution in [1.82, 2.24) is 14.9 Å². The maximum atomic E-state index is 12.9. The number of ether oxygens (including phenoxy) is 1. The highest BCUT2D eigenvalue weighted by molar-refractivity contribution is 5.88. The lowest BCUT2D eigenvalue weighted by Gasteiger charge is -2.19. The van der Waals surface area contributed by atoms with Crippen molar-refractivity contribution in [3.05, 3.63) is 83.6 Å². The predicted octanol–water partition coefficient (Wildman–Crippen LogP) is 3.93. The van der Waals surface area contributed by atoms with Gasteiger partial charge in [0.2, 0.25) is 5.91 Å². The molecule has 148 valence electrons. The van der Waals surface area contributed by atoms with E-state index in [4.69, 9.17) is 9.15 Å². The lowest BCUT2D eigenvalue weighted by molar-refractivity contribution is -0.121. The molecular weight excluding hydrogens is 366 g/mol. The molecule has 1 unspecified atom stereocenters. The number of nitrogens with one attached hydrogen (secondary N) is 1. The van der Waals surface area contributed by atoms with Crippen molar-refractivity contribution >= 4 is 16.9 Å². The molecule has 6 nitrogen and oxygen atoms in total. The molecule has 6 heteroatoms. The number of aryl methyl sites for hydroxylation is 2. The van der Waals surface area contributed by atoms with E-state index in [2.05, 4.69) is 10.3 Å². The summed E-state index contributed by atoms with van der Waals surface area (Å²) in [5.74, 6) is 1.42. The SMILES string of the molecule is COc1ccc(C(NC(=O)Cc2coc3cc(C)ccc23)c2nccn2C)cc1. The molecule has 0 aliphatic rings. The molecule has 0 aliphatic heterocycles. The van der Waals surface area contributed by atoms with Gasteiger partial charge in [-0.1, -0.05) is 24.3 Å². The number of furan rings is 1. The van der Waals surface area contributed by atoms with E-state index in [1.165, 1.54) is 0 Å². The number of hydrogen-bond acceptors (Lipinski definition) is 4. The molecule has 4 rings (SSSR count). The normalized spacial score (nSPS) is 12.1. The first-order valence-corrected chi connectivity index (χ1v) is 9.42. The van der Waals surface area contributed by atoms with Crippen LogP contribution in [0.2, 0.25) is 0 Å². The van der Waals surface area contributed by atoms with Crippen LogP contribution in [-0.2, 0) is 18.3 Å². The minimum atomic E-state index is -0.367. The van der Waals surface area contributed by atoms with Crippen LogP contribution in [-0.4, -0.2) is 22.6 Å². The number of hydrogen-bond donors (Lipinski definition) is 1. The smallest absolute Gasteiger partial charge is 0.225 e. The third kappa shape index (κ3) is 3.87. The van der Waals surface area contributed by atoms with Crippen molar-refractivity contribution in [2.45, 2.75) is 19.4 Å². The standard InChI is InChI=1S/C23H23N3O3/c1-15-4-9-19-17(14-29-20(19)12-15)13-21(27)25-22(23-24-10-11-26(23)2)16-5-7-18(28-3)8-6-16/h4-12,14,22H,13H2,1-3H3,(H,25,27). The highest BCUT2D eigenvalue weighted by atomic mass is 16.5. The highest BCUT2D eigenvalue weighted by Gasteiger charge is 2.21. The molecule has 0 bridgehead atoms. The van der Waals surface area contributed by atoms with Gasteiger partial charge in [0, 0.05) is 30.4 Å². The van der Waals surface area contributed by atoms with Crippen LogP contribution in [0.15, 0.2) is 65.5 Å². The molecule has 1 amide bonds. The topological polar surface area (TPSA) is 69.3 Å². The van der Waals surface area contributed by atoms with E-state index in [-0.39, 0.29) is 18.4 Å². The Hall–Kier alpha value is -3.54. The van der Waals surface area contributed by atoms with E-state index in [0.717, 1.165) is 39.2 Å². The van der Waals surface area contributed by atoms with Gasteiger partial charge in [0.25, 0.3) is 0 Å². The van der Waals surface area contributed by atoms with Crippen LogP contribution in [0, 0.1) is 6.92 Å². The zero-order valence-corrected chi connectivity index (χ0v) is 16.7. The Morgan fingerprint density at radius 1 is 1.24 bits per heavy atom. The molecule has 0 fully saturated rings. The van der Waals surface area contributed by atoms with Gasteiger partial charge in [-0.15, -0.1) is 0 Å². The number of nitrogens with zero attached hydrogens (tertiary/aromatic N) is 2. The van der Waals surface area contributed by atoms with Crippen LogP contribution in [0.4, 0.5) is 0 Å². The number of fused-ring (bicyclic) bond motifs is 1. The van der Waals surface area contributed by atoms with Crippen molar-refractivity contribution in [2.24, 2.45) is 7.05 Å². The monoisotopic (exact) mass is 389 g/mol. The molecule has 0 radical (unpaired) electrons. The summed E-state index contributed by atoms with van der Waals surface area (Å²) >= 11 is 0. The first-order chi connectivity index (χ1) is 14.0. The number of rotatable bonds is 6. The molecule has 0 saturated carbocycles. The van der Waals surface area contributed by atoms with Crippen LogP contribution < -0.4 is 10.1 Å². The molecule has 2 aromatic carbocycles. The summed E-state index contributed by atoms with van der Waals surface area (Å²) in [6.45, 7) is 2.01. The summed E-state index contributed by atoms with van der Waals surface area (Å²) in [7, 11) is 3.54. The minimum absolute atomic E-state index is 0.0999. The number of methoxy groups -OCH3 is 1. The second-order valence-corrected chi connectivity index (χ2v) is 7.11. The van der Waals surface area contributed by atoms with Gasteiger partial charge >= 0.3 is 0 Å². The number of carbonyl (C=O) groups excluding carboxylic acids is 1. The third-order valence-corrected chi connectivity index (χ3v) is 5.03. The minimum Gasteiger partial charge on any atom is -0.497 e. The Morgan fingerprint density at radius 3 is 2.72 bits per heavy atom. The molecule has 2 heterocycles. The van der Waals surface area contributed by atoms with Crippen LogP contribution in [0.1, 0.15) is 28.6 Å². The third-order valence-electron chi connectivity index (χ3n) is 5.03. The van der Waals surface area contributed by atoms with E-state index >= 15 is 0 Å². The molecule has 4 aromatic rings. The van der Waals surface area contributed by atoms with Gasteiger partial charge in [0.15, 0.2) is 0 Å². The fourth-order valence-corrected chi connectivity index (χ4v) is 3.46. The summed E-state index contributed by atoms with van der Waals surface area (Å²) in [5.41, 5.74) is 3.72. The Morgan fingerprint density at radius 2 is 2.03 bits per heavy atom. The molecule has 2 aromatic heterocycles. The summed E-state index contributed by atoms with van der Waals surface area (Å²) < 4.78 is 12.8. The van der Waals surface area contributed by atoms with Crippen LogP contribution in [0.5, 0.6) is 5.75 Å². The molecule has 0 aliphatic carbocycles. The molecular formula is C23H23N3O3. The van der Waals surface area contributed by atoms with Gasteiger partial charge in [0.05, 0.1) is 19.8 Å². The zero-order valence-electron chi connectivity index (χ0n) is 16.7. The number of imidazole rings is 1. The maximum Gasteiger partial charge on any atom is 0.225 e. The lowest BCUT2D eigenvalue weighted by atomic mass is 10.0. The van der Waals surface area contributed by atoms with Gasteiger partial charge in [-0.3, -0.25) is 4.79 Å². The number of aromatic nitrogens is 2. The van der Waals surface area contributed by atoms with Gasteiger partial charge in [-0.05, 0) is 36.2 Å². The maximum absolute atomic E-state index is 12.9. The largest absolute Gasteiger partial charge is 0.497 e. The second kappa shape index (κ2) is 7.83. The summed E-state index contributed by atoms with van der Waals surface area (Å²) in [5, 5.41) is 4.09. The fourth-order valence-electron chi connectivity index (χ4n) is 3.46. The van der Waals surface area contributed by atoms with Crippen molar-refractivity contribution in [1.29, 1.82) is 0 Å². The zero-order chi connectivity index (χ0) is 20.4. The van der Waals surface area contributed by atoms with Crippen molar-refractivity contribution in [3.8, 4) is 5.75 Å². The number of carbonyl (C=O) groups is 1. The first kappa shape index (κ1) is 18.8. The molecule has 1 N–H and O–H groups in total. The van der Waals surface area contributed by atoms with Gasteiger partial charge < -0.3 is 19.0 Å². The number of amides is 1. The van der Waals surface area contributed by atoms with E-state index < -0.39 is 0 Å². The van der Waals surface area contributed by atoms with Gasteiger partial charge in [-0.2, -0.15) is 0 Å². The number of benzene rings is 2. The van der Waals surface area contributed by atoms with Gasteiger partial charge in [0.1, 0.15) is 23.2 Å². The van der Waals surface area contributed by atoms with Crippen molar-refractivity contribution in [3.63, 3.8) is 0 Å². The predicted molar refractivity (Wildman–Crippen MR) is 111 cm³/mol. The molecule has 29 heavy (non-hydrogen) atoms. The Balaban J connectivity index is 1.59. The van der Waals surface area contributed by atoms with Crippen molar-refractivity contribution in [2.75, 3.05) is 7.11 Å². The van der Waals surface area contributed by atoms with E-state index in [1.807, 2.05) is 67.2 Å². The Kier molecular flexibility index (Phi) is 5.08. The van der Waals surface area contributed by atoms with E-state index in [9.17, 15) is 4.79 Å². The van der Waals surface area contributed by atoms with Crippen molar-refractivity contribution < 1.29 is 13.9 Å². The quantitative estimate of drug-likeness (QED) is 0.542. The van der Waals surface area contributed by atoms with E-state index in [0.29, 0.717) is 0 Å². The van der Waals surface area contributed by atoms with Gasteiger partial charge in [-0.25, -0.2) is 4.98 Å². The Labute approximate surface area is 169 Å². The van der Waals surface area contributed by atoms with E-state index in [1.54, 1.807) is 19.6 Å². The summed E-state index contributed by atoms with van der Waals surface area (Å²) in [6.07, 6.45) is 5.48. The molecule has 1 atom stereocenters. The average molecular weight is 389 g/mol. The first-order valence-electron chi connectivity index (χ1n) is 9.42. The summed E-state index contributed by atoms with van der Waals surface area (Å²) in [6, 6.07) is 13.3. The lowest BCUT2D eigenvalue weighted by Crippen LogP contribution is -2.32. The summed E-state index contributed by atoms with van der Waals surface area (Å²) in [4.78, 5) is 17.4.